The third-order valence-electron chi connectivity index (χ3n) is 33.4. The Morgan fingerprint density at radius 3 is 0.741 bits per heavy atom. The summed E-state index contributed by atoms with van der Waals surface area (Å²) in [4.78, 5) is 11.4. The van der Waals surface area contributed by atoms with Crippen LogP contribution in [-0.4, -0.2) is 37.4 Å². The topological polar surface area (TPSA) is 55.4 Å². The molecule has 0 saturated heterocycles. The van der Waals surface area contributed by atoms with Crippen LogP contribution in [0, 0.1) is 0 Å². The molecule has 0 N–H and O–H groups in total. The van der Waals surface area contributed by atoms with Crippen molar-refractivity contribution in [3.05, 3.63) is 494 Å². The van der Waals surface area contributed by atoms with E-state index in [0.717, 1.165) is 112 Å². The van der Waals surface area contributed by atoms with E-state index in [2.05, 4.69) is 530 Å². The molecule has 0 aliphatic heterocycles. The minimum absolute atomic E-state index is 0.127. The first-order valence-corrected chi connectivity index (χ1v) is 51.3. The van der Waals surface area contributed by atoms with E-state index in [4.69, 9.17) is 9.97 Å². The normalized spacial score (nSPS) is 13.7. The lowest BCUT2D eigenvalue weighted by molar-refractivity contribution is 0.660. The van der Waals surface area contributed by atoms with E-state index in [1.54, 1.807) is 0 Å². The maximum absolute atomic E-state index is 5.71. The van der Waals surface area contributed by atoms with Crippen LogP contribution in [-0.2, 0) is 16.2 Å². The summed E-state index contributed by atoms with van der Waals surface area (Å²) < 4.78 is 14.7. The van der Waals surface area contributed by atoms with Crippen LogP contribution in [0.1, 0.15) is 74.9 Å². The minimum atomic E-state index is -0.132. The zero-order valence-electron chi connectivity index (χ0n) is 82.0. The highest BCUT2D eigenvalue weighted by molar-refractivity contribution is 6.18. The summed E-state index contributed by atoms with van der Waals surface area (Å²) >= 11 is 0. The van der Waals surface area contributed by atoms with Crippen molar-refractivity contribution in [1.29, 1.82) is 0 Å². The van der Waals surface area contributed by atoms with Crippen LogP contribution in [0.4, 0.5) is 0 Å². The fourth-order valence-corrected chi connectivity index (χ4v) is 26.3. The fourth-order valence-electron chi connectivity index (χ4n) is 26.3. The number of fused-ring (bicyclic) bond motifs is 27. The Morgan fingerprint density at radius 1 is 0.143 bits per heavy atom. The maximum atomic E-state index is 5.71. The molecule has 0 amide bonds. The van der Waals surface area contributed by atoms with Gasteiger partial charge in [0.05, 0.1) is 77.6 Å². The summed E-state index contributed by atoms with van der Waals surface area (Å²) in [6.07, 6.45) is 0. The molecule has 0 atom stereocenters. The van der Waals surface area contributed by atoms with Gasteiger partial charge in [-0.3, -0.25) is 0 Å². The lowest BCUT2D eigenvalue weighted by atomic mass is 9.82. The van der Waals surface area contributed by atoms with Crippen molar-refractivity contribution in [1.82, 2.24) is 37.4 Å². The zero-order valence-corrected chi connectivity index (χ0v) is 82.0. The first kappa shape index (κ1) is 83.2. The predicted octanol–water partition coefficient (Wildman–Crippen LogP) is 36.0. The van der Waals surface area contributed by atoms with Crippen molar-refractivity contribution in [2.45, 2.75) is 57.8 Å². The Labute approximate surface area is 849 Å². The number of hydrogen-bond donors (Lipinski definition) is 0. The number of para-hydroxylation sites is 6. The molecule has 28 aromatic rings. The van der Waals surface area contributed by atoms with Crippen LogP contribution in [0.2, 0.25) is 0 Å². The van der Waals surface area contributed by atoms with Crippen LogP contribution in [0.5, 0.6) is 0 Å². The molecule has 21 aromatic carbocycles. The largest absolute Gasteiger partial charge is 0.309 e. The standard InChI is InChI=1S/C139H94N8/c1-137(2)116-37-16-7-28-98(116)101-66-60-95(79-119(101)137)144-127-43-22-13-34-107(127)113-73-85(53-69-130(113)144)88-50-63-110-104-31-10-19-40-124(104)142(133(110)76-88)92-56-46-83(47-57-92)122-82-123(91-26-25-27-94(72-91)147-126-42-21-12-33-106(126)112-65-52-90(78-135(112)147)87-55-71-132-115(75-87)109-36-15-24-45-129(109)146(132)97-62-68-103-100-30-9-18-39-118(100)139(5,6)121(103)81-97)141-136(140-122)84-48-58-93(59-49-84)143-125-41-20-11-32-105(125)111-64-51-89(77-134(111)143)86-54-70-131-114(74-86)108-35-14-23-44-128(108)145(131)96-61-67-102-99-29-8-17-38-117(99)138(3,4)120(102)80-96/h7-82H,1-6H3. The summed E-state index contributed by atoms with van der Waals surface area (Å²) in [5.41, 5.74) is 47.6. The molecule has 7 aromatic heterocycles. The second-order valence-electron chi connectivity index (χ2n) is 42.3. The molecular weight excluding hydrogens is 1780 g/mol. The molecule has 31 rings (SSSR count). The molecule has 0 bridgehead atoms. The van der Waals surface area contributed by atoms with Gasteiger partial charge in [0.2, 0.25) is 0 Å². The summed E-state index contributed by atoms with van der Waals surface area (Å²) in [6.45, 7) is 14.2. The van der Waals surface area contributed by atoms with E-state index >= 15 is 0 Å². The van der Waals surface area contributed by atoms with E-state index in [0.29, 0.717) is 5.82 Å². The molecule has 0 fully saturated rings. The Bertz CT molecular complexity index is 10200. The van der Waals surface area contributed by atoms with Crippen molar-refractivity contribution < 1.29 is 0 Å². The minimum Gasteiger partial charge on any atom is -0.309 e. The quantitative estimate of drug-likeness (QED) is 0.122. The molecule has 0 saturated carbocycles. The number of aromatic nitrogens is 8. The third kappa shape index (κ3) is 12.1. The predicted molar refractivity (Wildman–Crippen MR) is 613 cm³/mol. The third-order valence-corrected chi connectivity index (χ3v) is 33.4. The molecule has 8 nitrogen and oxygen atoms in total. The van der Waals surface area contributed by atoms with E-state index in [-0.39, 0.29) is 16.2 Å². The Morgan fingerprint density at radius 2 is 0.388 bits per heavy atom. The monoisotopic (exact) mass is 1870 g/mol. The average molecular weight is 1880 g/mol. The highest BCUT2D eigenvalue weighted by Gasteiger charge is 2.40. The lowest BCUT2D eigenvalue weighted by Crippen LogP contribution is -2.15. The van der Waals surface area contributed by atoms with Gasteiger partial charge in [0.15, 0.2) is 5.82 Å². The Kier molecular flexibility index (Phi) is 17.4. The molecule has 3 aliphatic carbocycles. The van der Waals surface area contributed by atoms with Gasteiger partial charge in [-0.05, 0) is 282 Å². The SMILES string of the molecule is CC1(C)c2ccccc2-c2ccc(-n3c4ccccc4c4cc(-c5ccc6c7ccccc7n(-c7ccc(-c8cc(-c9cccc(-n%10c%11ccccc%11c%11ccc(-c%12ccc%13c(c%12)c%12ccccc%12n%13-c%12ccc%13c(c%12)C(C)(C)c%12ccccc%12-%13)cc%11%10)c9)nc(-c9ccc(-n%10c%11ccccc%11c%11ccc(-c%12ccc%13c(c%12)c%12ccccc%12n%13-c%12ccc%13c(c%12)C(C)(C)c%12ccccc%12-%13)cc%11%10)cc9)n8)cc7)c6c5)ccc43)cc21. The molecule has 147 heavy (non-hydrogen) atoms. The van der Waals surface area contributed by atoms with E-state index < -0.39 is 0 Å². The van der Waals surface area contributed by atoms with E-state index in [1.165, 1.54) is 182 Å². The van der Waals surface area contributed by atoms with Gasteiger partial charge >= 0.3 is 0 Å². The molecule has 0 unspecified atom stereocenters. The Hall–Kier alpha value is -18.5. The molecule has 690 valence electrons. The molecule has 7 heterocycles. The highest BCUT2D eigenvalue weighted by atomic mass is 15.0. The summed E-state index contributed by atoms with van der Waals surface area (Å²) in [6, 6.07) is 173. The van der Waals surface area contributed by atoms with Gasteiger partial charge in [0.25, 0.3) is 0 Å². The van der Waals surface area contributed by atoms with Crippen molar-refractivity contribution in [2.24, 2.45) is 0 Å². The average Bonchev–Trinajstić information content (AvgIpc) is 1.57. The summed E-state index contributed by atoms with van der Waals surface area (Å²) in [5, 5.41) is 14.5. The second-order valence-corrected chi connectivity index (χ2v) is 42.3. The van der Waals surface area contributed by atoms with Gasteiger partial charge in [-0.1, -0.05) is 321 Å². The van der Waals surface area contributed by atoms with Gasteiger partial charge in [0.1, 0.15) is 0 Å². The van der Waals surface area contributed by atoms with Gasteiger partial charge in [-0.2, -0.15) is 0 Å². The number of benzene rings is 21. The molecule has 8 heteroatoms. The first-order valence-electron chi connectivity index (χ1n) is 51.3. The van der Waals surface area contributed by atoms with Gasteiger partial charge < -0.3 is 27.4 Å². The number of nitrogens with zero attached hydrogens (tertiary/aromatic N) is 8. The van der Waals surface area contributed by atoms with Crippen molar-refractivity contribution in [3.63, 3.8) is 0 Å². The summed E-state index contributed by atoms with van der Waals surface area (Å²) in [5.74, 6) is 0.621. The number of hydrogen-bond acceptors (Lipinski definition) is 2. The second kappa shape index (κ2) is 30.8. The van der Waals surface area contributed by atoms with Gasteiger partial charge in [0, 0.05) is 132 Å². The molecular formula is C139H94N8. The smallest absolute Gasteiger partial charge is 0.160 e. The van der Waals surface area contributed by atoms with Gasteiger partial charge in [-0.15, -0.1) is 0 Å². The highest BCUT2D eigenvalue weighted by Crippen LogP contribution is 2.55. The van der Waals surface area contributed by atoms with Crippen LogP contribution in [0.25, 0.3) is 266 Å². The zero-order chi connectivity index (χ0) is 97.3. The molecule has 0 spiro atoms. The van der Waals surface area contributed by atoms with Crippen LogP contribution in [0.15, 0.2) is 461 Å². The summed E-state index contributed by atoms with van der Waals surface area (Å²) in [7, 11) is 0. The van der Waals surface area contributed by atoms with Crippen LogP contribution in [0.3, 0.4) is 0 Å². The van der Waals surface area contributed by atoms with Crippen LogP contribution < -0.4 is 0 Å². The maximum Gasteiger partial charge on any atom is 0.160 e. The fraction of sp³-hybridized carbons (Fsp3) is 0.0647. The van der Waals surface area contributed by atoms with Crippen molar-refractivity contribution in [3.8, 4) is 135 Å². The van der Waals surface area contributed by atoms with Gasteiger partial charge in [-0.25, -0.2) is 9.97 Å². The van der Waals surface area contributed by atoms with E-state index in [1.807, 2.05) is 0 Å². The molecule has 0 radical (unpaired) electrons. The molecule has 3 aliphatic rings. The first-order chi connectivity index (χ1) is 72.1. The number of rotatable bonds is 12. The van der Waals surface area contributed by atoms with Crippen molar-refractivity contribution >= 4 is 131 Å². The van der Waals surface area contributed by atoms with E-state index in [9.17, 15) is 0 Å². The lowest BCUT2D eigenvalue weighted by Gasteiger charge is -2.22. The van der Waals surface area contributed by atoms with Crippen molar-refractivity contribution in [2.75, 3.05) is 0 Å². The van der Waals surface area contributed by atoms with Crippen LogP contribution >= 0.6 is 0 Å². The Balaban J connectivity index is 0.523.